The summed E-state index contributed by atoms with van der Waals surface area (Å²) in [4.78, 5) is 19.6. The lowest BCUT2D eigenvalue weighted by molar-refractivity contribution is -0.116. The maximum atomic E-state index is 12.0. The number of halogens is 1. The summed E-state index contributed by atoms with van der Waals surface area (Å²) < 4.78 is 2.77. The minimum Gasteiger partial charge on any atom is -0.300 e. The van der Waals surface area contributed by atoms with Crippen molar-refractivity contribution in [2.75, 3.05) is 32.1 Å². The largest absolute Gasteiger partial charge is 0.300 e. The van der Waals surface area contributed by atoms with Crippen LogP contribution >= 0.6 is 22.6 Å². The summed E-state index contributed by atoms with van der Waals surface area (Å²) in [7, 11) is 3.93. The van der Waals surface area contributed by atoms with E-state index in [1.165, 1.54) is 6.33 Å². The molecule has 2 rings (SSSR count). The zero-order valence-electron chi connectivity index (χ0n) is 14.0. The molecule has 1 heterocycles. The van der Waals surface area contributed by atoms with Crippen LogP contribution in [-0.4, -0.2) is 52.8 Å². The summed E-state index contributed by atoms with van der Waals surface area (Å²) in [6.45, 7) is 3.29. The molecule has 0 saturated carbocycles. The van der Waals surface area contributed by atoms with E-state index in [-0.39, 0.29) is 5.91 Å². The molecule has 0 unspecified atom stereocenters. The molecule has 1 aromatic heterocycles. The summed E-state index contributed by atoms with van der Waals surface area (Å²) in [5, 5.41) is 4.11. The fourth-order valence-electron chi connectivity index (χ4n) is 2.08. The average Bonchev–Trinajstić information content (AvgIpc) is 3.01. The van der Waals surface area contributed by atoms with Crippen molar-refractivity contribution < 1.29 is 4.79 Å². The zero-order valence-corrected chi connectivity index (χ0v) is 16.2. The van der Waals surface area contributed by atoms with E-state index in [0.717, 1.165) is 14.8 Å². The number of carbonyl (C=O) groups is 1. The highest BCUT2D eigenvalue weighted by Gasteiger charge is 2.14. The van der Waals surface area contributed by atoms with Crippen molar-refractivity contribution in [2.24, 2.45) is 0 Å². The molecule has 24 heavy (non-hydrogen) atoms. The van der Waals surface area contributed by atoms with Gasteiger partial charge < -0.3 is 0 Å². The number of aromatic nitrogens is 3. The standard InChI is InChI=1S/C17H20IN5O/c1-14(24)23(9-5-4-8-21(2)3)17-7-6-15(10-16(17)18)11-22-13-19-12-20-22/h6-7,10,12-13H,8-9,11H2,1-3H3. The van der Waals surface area contributed by atoms with Crippen molar-refractivity contribution in [3.05, 3.63) is 40.0 Å². The van der Waals surface area contributed by atoms with Crippen molar-refractivity contribution in [2.45, 2.75) is 13.5 Å². The Morgan fingerprint density at radius 1 is 1.29 bits per heavy atom. The second-order valence-corrected chi connectivity index (χ2v) is 6.74. The van der Waals surface area contributed by atoms with Crippen LogP contribution in [0.15, 0.2) is 30.9 Å². The van der Waals surface area contributed by atoms with E-state index >= 15 is 0 Å². The predicted octanol–water partition coefficient (Wildman–Crippen LogP) is 1.85. The van der Waals surface area contributed by atoms with Gasteiger partial charge in [0.05, 0.1) is 25.3 Å². The molecule has 0 bridgehead atoms. The third-order valence-corrected chi connectivity index (χ3v) is 4.12. The lowest BCUT2D eigenvalue weighted by Gasteiger charge is -2.20. The first-order valence-corrected chi connectivity index (χ1v) is 8.54. The normalized spacial score (nSPS) is 10.4. The Morgan fingerprint density at radius 3 is 2.62 bits per heavy atom. The summed E-state index contributed by atoms with van der Waals surface area (Å²) in [6.07, 6.45) is 3.20. The molecule has 0 N–H and O–H groups in total. The number of hydrogen-bond donors (Lipinski definition) is 0. The molecule has 126 valence electrons. The zero-order chi connectivity index (χ0) is 17.5. The molecule has 0 spiro atoms. The molecule has 0 atom stereocenters. The maximum absolute atomic E-state index is 12.0. The molecule has 0 fully saturated rings. The maximum Gasteiger partial charge on any atom is 0.224 e. The van der Waals surface area contributed by atoms with E-state index in [1.54, 1.807) is 22.8 Å². The van der Waals surface area contributed by atoms with Gasteiger partial charge in [-0.25, -0.2) is 9.67 Å². The number of carbonyl (C=O) groups excluding carboxylic acids is 1. The van der Waals surface area contributed by atoms with Crippen LogP contribution in [0.4, 0.5) is 5.69 Å². The molecule has 7 heteroatoms. The van der Waals surface area contributed by atoms with Crippen LogP contribution in [0, 0.1) is 15.4 Å². The molecule has 0 aliphatic heterocycles. The number of benzene rings is 1. The van der Waals surface area contributed by atoms with Crippen molar-refractivity contribution >= 4 is 34.2 Å². The molecule has 1 aromatic carbocycles. The number of nitrogens with zero attached hydrogens (tertiary/aromatic N) is 5. The van der Waals surface area contributed by atoms with Crippen LogP contribution in [0.25, 0.3) is 0 Å². The topological polar surface area (TPSA) is 54.3 Å². The Hall–Kier alpha value is -1.92. The third-order valence-electron chi connectivity index (χ3n) is 3.25. The summed E-state index contributed by atoms with van der Waals surface area (Å²) in [5.41, 5.74) is 1.99. The van der Waals surface area contributed by atoms with Gasteiger partial charge in [0.2, 0.25) is 5.91 Å². The van der Waals surface area contributed by atoms with Crippen molar-refractivity contribution in [3.8, 4) is 11.8 Å². The van der Waals surface area contributed by atoms with Gasteiger partial charge in [-0.3, -0.25) is 14.6 Å². The second-order valence-electron chi connectivity index (χ2n) is 5.58. The summed E-state index contributed by atoms with van der Waals surface area (Å²) in [6, 6.07) is 6.02. The molecule has 1 amide bonds. The number of rotatable bonds is 5. The van der Waals surface area contributed by atoms with E-state index in [1.807, 2.05) is 31.1 Å². The number of amides is 1. The van der Waals surface area contributed by atoms with Gasteiger partial charge in [0.25, 0.3) is 0 Å². The van der Waals surface area contributed by atoms with Crippen molar-refractivity contribution in [3.63, 3.8) is 0 Å². The molecular formula is C17H20IN5O. The van der Waals surface area contributed by atoms with E-state index < -0.39 is 0 Å². The summed E-state index contributed by atoms with van der Waals surface area (Å²) >= 11 is 2.25. The number of anilines is 1. The quantitative estimate of drug-likeness (QED) is 0.530. The van der Waals surface area contributed by atoms with E-state index in [0.29, 0.717) is 19.6 Å². The highest BCUT2D eigenvalue weighted by molar-refractivity contribution is 14.1. The first-order valence-electron chi connectivity index (χ1n) is 7.46. The fourth-order valence-corrected chi connectivity index (χ4v) is 2.96. The summed E-state index contributed by atoms with van der Waals surface area (Å²) in [5.74, 6) is 6.11. The van der Waals surface area contributed by atoms with E-state index in [9.17, 15) is 4.79 Å². The Morgan fingerprint density at radius 2 is 2.04 bits per heavy atom. The second kappa shape index (κ2) is 8.80. The smallest absolute Gasteiger partial charge is 0.224 e. The average molecular weight is 437 g/mol. The van der Waals surface area contributed by atoms with Crippen LogP contribution in [0.1, 0.15) is 12.5 Å². The predicted molar refractivity (Wildman–Crippen MR) is 103 cm³/mol. The molecule has 0 aliphatic rings. The highest BCUT2D eigenvalue weighted by atomic mass is 127. The minimum absolute atomic E-state index is 0.0175. The molecule has 0 aliphatic carbocycles. The SMILES string of the molecule is CC(=O)N(CC#CCN(C)C)c1ccc(Cn2cncn2)cc1I. The number of hydrogen-bond acceptors (Lipinski definition) is 4. The van der Waals surface area contributed by atoms with Gasteiger partial charge in [-0.05, 0) is 54.4 Å². The van der Waals surface area contributed by atoms with Crippen LogP contribution in [0.5, 0.6) is 0 Å². The van der Waals surface area contributed by atoms with Gasteiger partial charge in [0.1, 0.15) is 12.7 Å². The molecule has 2 aromatic rings. The lowest BCUT2D eigenvalue weighted by Crippen LogP contribution is -2.29. The van der Waals surface area contributed by atoms with Gasteiger partial charge in [0.15, 0.2) is 0 Å². The third kappa shape index (κ3) is 5.32. The molecule has 0 saturated heterocycles. The molecular weight excluding hydrogens is 417 g/mol. The van der Waals surface area contributed by atoms with Crippen LogP contribution in [0.2, 0.25) is 0 Å². The monoisotopic (exact) mass is 437 g/mol. The van der Waals surface area contributed by atoms with Gasteiger partial charge in [0, 0.05) is 10.5 Å². The Labute approximate surface area is 156 Å². The van der Waals surface area contributed by atoms with Crippen molar-refractivity contribution in [1.82, 2.24) is 19.7 Å². The molecule has 0 radical (unpaired) electrons. The van der Waals surface area contributed by atoms with Crippen molar-refractivity contribution in [1.29, 1.82) is 0 Å². The highest BCUT2D eigenvalue weighted by Crippen LogP contribution is 2.24. The van der Waals surface area contributed by atoms with Gasteiger partial charge in [-0.2, -0.15) is 5.10 Å². The van der Waals surface area contributed by atoms with Crippen LogP contribution in [0.3, 0.4) is 0 Å². The van der Waals surface area contributed by atoms with Gasteiger partial charge in [-0.15, -0.1) is 0 Å². The molecule has 6 nitrogen and oxygen atoms in total. The van der Waals surface area contributed by atoms with Crippen LogP contribution in [-0.2, 0) is 11.3 Å². The minimum atomic E-state index is -0.0175. The van der Waals surface area contributed by atoms with E-state index in [4.69, 9.17) is 0 Å². The van der Waals surface area contributed by atoms with Crippen LogP contribution < -0.4 is 4.90 Å². The Balaban J connectivity index is 2.14. The van der Waals surface area contributed by atoms with Gasteiger partial charge in [-0.1, -0.05) is 17.9 Å². The van der Waals surface area contributed by atoms with E-state index in [2.05, 4.69) is 50.6 Å². The van der Waals surface area contributed by atoms with Gasteiger partial charge >= 0.3 is 0 Å². The Kier molecular flexibility index (Phi) is 6.75. The Bertz CT molecular complexity index is 746. The lowest BCUT2D eigenvalue weighted by atomic mass is 10.2. The first-order chi connectivity index (χ1) is 11.5. The first kappa shape index (κ1) is 18.4. The fraction of sp³-hybridized carbons (Fsp3) is 0.353.